The molecular formula is C23H34OSi2. The first-order valence-electron chi connectivity index (χ1n) is 9.48. The van der Waals surface area contributed by atoms with Crippen LogP contribution in [-0.4, -0.2) is 16.4 Å². The van der Waals surface area contributed by atoms with Crippen LogP contribution in [-0.2, 0) is 4.43 Å². The number of hydrogen-bond acceptors (Lipinski definition) is 1. The highest BCUT2D eigenvalue weighted by Gasteiger charge is 2.43. The molecule has 0 heterocycles. The third-order valence-electron chi connectivity index (χ3n) is 5.20. The van der Waals surface area contributed by atoms with Crippen LogP contribution < -0.4 is 0 Å². The van der Waals surface area contributed by atoms with Crippen molar-refractivity contribution in [3.63, 3.8) is 0 Å². The molecule has 2 aromatic rings. The number of rotatable bonds is 5. The standard InChI is InChI=1S/C23H34OSi2/c1-23(2,3)26(7,8)22(24-25(4,5)6)21(19-15-11-9-12-16-19)20-17-13-10-14-18-20/h9-18H,1-8H3. The van der Waals surface area contributed by atoms with Crippen LogP contribution in [0.15, 0.2) is 66.0 Å². The average molecular weight is 383 g/mol. The molecule has 0 aliphatic carbocycles. The van der Waals surface area contributed by atoms with E-state index < -0.39 is 16.4 Å². The zero-order valence-electron chi connectivity index (χ0n) is 17.7. The first-order valence-corrected chi connectivity index (χ1v) is 15.9. The summed E-state index contributed by atoms with van der Waals surface area (Å²) in [7, 11) is -3.64. The van der Waals surface area contributed by atoms with Gasteiger partial charge in [0.1, 0.15) is 8.07 Å². The third kappa shape index (κ3) is 4.77. The molecule has 0 bridgehead atoms. The second kappa shape index (κ2) is 7.57. The minimum absolute atomic E-state index is 0.205. The fourth-order valence-electron chi connectivity index (χ4n) is 2.78. The zero-order chi connectivity index (χ0) is 19.6. The molecule has 0 saturated carbocycles. The number of benzene rings is 2. The lowest BCUT2D eigenvalue weighted by molar-refractivity contribution is 0.447. The van der Waals surface area contributed by atoms with Gasteiger partial charge in [-0.1, -0.05) is 94.5 Å². The third-order valence-corrected chi connectivity index (χ3v) is 11.5. The van der Waals surface area contributed by atoms with Gasteiger partial charge in [-0.05, 0) is 35.8 Å². The fraction of sp³-hybridized carbons (Fsp3) is 0.391. The maximum atomic E-state index is 6.88. The minimum Gasteiger partial charge on any atom is -0.551 e. The Morgan fingerprint density at radius 2 is 1.08 bits per heavy atom. The van der Waals surface area contributed by atoms with Crippen molar-refractivity contribution < 1.29 is 4.43 Å². The monoisotopic (exact) mass is 382 g/mol. The summed E-state index contributed by atoms with van der Waals surface area (Å²) in [4.78, 5) is 0. The van der Waals surface area contributed by atoms with E-state index in [1.54, 1.807) is 0 Å². The average Bonchev–Trinajstić information content (AvgIpc) is 2.54. The summed E-state index contributed by atoms with van der Waals surface area (Å²) >= 11 is 0. The highest BCUT2D eigenvalue weighted by molar-refractivity contribution is 6.88. The lowest BCUT2D eigenvalue weighted by atomic mass is 9.99. The normalized spacial score (nSPS) is 12.6. The highest BCUT2D eigenvalue weighted by atomic mass is 28.4. The van der Waals surface area contributed by atoms with E-state index in [0.29, 0.717) is 0 Å². The quantitative estimate of drug-likeness (QED) is 0.388. The van der Waals surface area contributed by atoms with Gasteiger partial charge < -0.3 is 4.43 Å². The Morgan fingerprint density at radius 1 is 0.692 bits per heavy atom. The molecule has 0 unspecified atom stereocenters. The van der Waals surface area contributed by atoms with E-state index in [4.69, 9.17) is 4.43 Å². The van der Waals surface area contributed by atoms with Gasteiger partial charge in [-0.15, -0.1) is 0 Å². The topological polar surface area (TPSA) is 9.23 Å². The lowest BCUT2D eigenvalue weighted by Crippen LogP contribution is -2.44. The molecule has 140 valence electrons. The van der Waals surface area contributed by atoms with Gasteiger partial charge in [0.05, 0.1) is 5.38 Å². The van der Waals surface area contributed by atoms with E-state index in [9.17, 15) is 0 Å². The summed E-state index contributed by atoms with van der Waals surface area (Å²) in [5.41, 5.74) is 3.77. The Labute approximate surface area is 162 Å². The highest BCUT2D eigenvalue weighted by Crippen LogP contribution is 2.45. The molecular weight excluding hydrogens is 348 g/mol. The van der Waals surface area contributed by atoms with Gasteiger partial charge in [0.25, 0.3) is 0 Å². The fourth-order valence-corrected chi connectivity index (χ4v) is 7.02. The Bertz CT molecular complexity index is 707. The molecule has 0 aliphatic rings. The summed E-state index contributed by atoms with van der Waals surface area (Å²) < 4.78 is 6.88. The van der Waals surface area contributed by atoms with Crippen LogP contribution in [0.4, 0.5) is 0 Å². The van der Waals surface area contributed by atoms with E-state index in [0.717, 1.165) is 0 Å². The molecule has 0 fully saturated rings. The van der Waals surface area contributed by atoms with Crippen molar-refractivity contribution in [2.24, 2.45) is 0 Å². The second-order valence-electron chi connectivity index (χ2n) is 9.53. The number of hydrogen-bond donors (Lipinski definition) is 0. The summed E-state index contributed by atoms with van der Waals surface area (Å²) in [6.45, 7) is 18.8. The van der Waals surface area contributed by atoms with Crippen LogP contribution in [0.5, 0.6) is 0 Å². The van der Waals surface area contributed by atoms with Crippen LogP contribution in [0, 0.1) is 0 Å². The van der Waals surface area contributed by atoms with Gasteiger partial charge in [0, 0.05) is 5.57 Å². The van der Waals surface area contributed by atoms with Crippen molar-refractivity contribution >= 4 is 22.0 Å². The first-order chi connectivity index (χ1) is 11.9. The van der Waals surface area contributed by atoms with Gasteiger partial charge in [0.2, 0.25) is 8.32 Å². The first kappa shape index (κ1) is 20.7. The van der Waals surface area contributed by atoms with E-state index in [1.807, 2.05) is 0 Å². The van der Waals surface area contributed by atoms with Crippen LogP contribution in [0.2, 0.25) is 37.8 Å². The molecule has 3 heteroatoms. The smallest absolute Gasteiger partial charge is 0.241 e. The van der Waals surface area contributed by atoms with Gasteiger partial charge in [-0.25, -0.2) is 0 Å². The minimum atomic E-state index is -1.88. The molecule has 26 heavy (non-hydrogen) atoms. The lowest BCUT2D eigenvalue weighted by Gasteiger charge is -2.42. The molecule has 2 rings (SSSR count). The molecule has 2 aromatic carbocycles. The molecule has 0 saturated heterocycles. The Kier molecular flexibility index (Phi) is 6.03. The molecule has 0 N–H and O–H groups in total. The van der Waals surface area contributed by atoms with Gasteiger partial charge >= 0.3 is 0 Å². The van der Waals surface area contributed by atoms with E-state index >= 15 is 0 Å². The molecule has 0 aromatic heterocycles. The molecule has 0 spiro atoms. The molecule has 0 amide bonds. The van der Waals surface area contributed by atoms with Crippen LogP contribution >= 0.6 is 0 Å². The van der Waals surface area contributed by atoms with Gasteiger partial charge in [0.15, 0.2) is 0 Å². The zero-order valence-corrected chi connectivity index (χ0v) is 19.7. The molecule has 0 atom stereocenters. The molecule has 0 aliphatic heterocycles. The predicted molar refractivity (Wildman–Crippen MR) is 121 cm³/mol. The van der Waals surface area contributed by atoms with Crippen molar-refractivity contribution in [1.29, 1.82) is 0 Å². The Morgan fingerprint density at radius 3 is 1.38 bits per heavy atom. The van der Waals surface area contributed by atoms with Crippen molar-refractivity contribution in [3.05, 3.63) is 77.2 Å². The SMILES string of the molecule is CC(C)(C)[Si](C)(C)C(O[Si](C)(C)C)=C(c1ccccc1)c1ccccc1. The Hall–Kier alpha value is -1.59. The molecule has 1 nitrogen and oxygen atoms in total. The second-order valence-corrected chi connectivity index (χ2v) is 19.2. The van der Waals surface area contributed by atoms with Crippen LogP contribution in [0.1, 0.15) is 31.9 Å². The maximum Gasteiger partial charge on any atom is 0.241 e. The summed E-state index contributed by atoms with van der Waals surface area (Å²) in [5.74, 6) is 0. The van der Waals surface area contributed by atoms with Crippen molar-refractivity contribution in [3.8, 4) is 0 Å². The Balaban J connectivity index is 2.87. The van der Waals surface area contributed by atoms with Crippen molar-refractivity contribution in [2.75, 3.05) is 0 Å². The van der Waals surface area contributed by atoms with E-state index in [2.05, 4.69) is 114 Å². The van der Waals surface area contributed by atoms with Crippen molar-refractivity contribution in [1.82, 2.24) is 0 Å². The summed E-state index contributed by atoms with van der Waals surface area (Å²) in [5, 5.41) is 1.46. The maximum absolute atomic E-state index is 6.88. The van der Waals surface area contributed by atoms with Gasteiger partial charge in [-0.2, -0.15) is 0 Å². The predicted octanol–water partition coefficient (Wildman–Crippen LogP) is 7.35. The van der Waals surface area contributed by atoms with E-state index in [-0.39, 0.29) is 5.04 Å². The summed E-state index contributed by atoms with van der Waals surface area (Å²) in [6.07, 6.45) is 0. The van der Waals surface area contributed by atoms with Crippen LogP contribution in [0.3, 0.4) is 0 Å². The van der Waals surface area contributed by atoms with E-state index in [1.165, 1.54) is 22.1 Å². The molecule has 0 radical (unpaired) electrons. The van der Waals surface area contributed by atoms with Gasteiger partial charge in [-0.3, -0.25) is 0 Å². The van der Waals surface area contributed by atoms with Crippen LogP contribution in [0.25, 0.3) is 5.57 Å². The van der Waals surface area contributed by atoms with Crippen molar-refractivity contribution in [2.45, 2.75) is 58.5 Å². The largest absolute Gasteiger partial charge is 0.551 e. The summed E-state index contributed by atoms with van der Waals surface area (Å²) in [6, 6.07) is 21.5.